The van der Waals surface area contributed by atoms with Crippen LogP contribution >= 0.6 is 34.8 Å². The molecule has 5 nitrogen and oxygen atoms in total. The van der Waals surface area contributed by atoms with Crippen LogP contribution in [0.5, 0.6) is 5.75 Å². The molecule has 7 heteroatoms. The number of aromatic amines is 1. The molecule has 0 amide bonds. The van der Waals surface area contributed by atoms with E-state index in [2.05, 4.69) is 74.8 Å². The smallest absolute Gasteiger partial charge is 0.174 e. The van der Waals surface area contributed by atoms with Crippen LogP contribution in [0.4, 0.5) is 5.69 Å². The minimum absolute atomic E-state index is 0.0129. The lowest BCUT2D eigenvalue weighted by atomic mass is 9.96. The van der Waals surface area contributed by atoms with Crippen LogP contribution in [-0.2, 0) is 0 Å². The molecule has 2 N–H and O–H groups in total. The van der Waals surface area contributed by atoms with Gasteiger partial charge in [0.1, 0.15) is 5.75 Å². The minimum atomic E-state index is -0.0484. The maximum Gasteiger partial charge on any atom is 0.174 e. The molecule has 0 bridgehead atoms. The van der Waals surface area contributed by atoms with E-state index in [4.69, 9.17) is 17.0 Å². The number of aromatic nitrogens is 2. The second kappa shape index (κ2) is 8.55. The molecule has 1 aliphatic heterocycles. The Labute approximate surface area is 196 Å². The summed E-state index contributed by atoms with van der Waals surface area (Å²) in [4.78, 5) is 10.3. The average Bonchev–Trinajstić information content (AvgIpc) is 3.18. The molecule has 4 rings (SSSR count). The van der Waals surface area contributed by atoms with Gasteiger partial charge in [0, 0.05) is 32.4 Å². The van der Waals surface area contributed by atoms with Gasteiger partial charge in [0.05, 0.1) is 23.9 Å². The summed E-state index contributed by atoms with van der Waals surface area (Å²) in [7, 11) is 0. The van der Waals surface area contributed by atoms with E-state index >= 15 is 0 Å². The topological polar surface area (TPSA) is 53.2 Å². The third-order valence-electron chi connectivity index (χ3n) is 5.23. The Hall–Kier alpha value is -2.13. The van der Waals surface area contributed by atoms with Gasteiger partial charge in [0.25, 0.3) is 0 Å². The number of thiocarbonyl (C=S) groups is 1. The Kier molecular flexibility index (Phi) is 6.02. The van der Waals surface area contributed by atoms with Crippen LogP contribution in [0.15, 0.2) is 48.7 Å². The number of halogens is 1. The average molecular weight is 532 g/mol. The largest absolute Gasteiger partial charge is 0.491 e. The third-order valence-corrected chi connectivity index (χ3v) is 6.93. The molecule has 0 saturated carbocycles. The predicted octanol–water partition coefficient (Wildman–Crippen LogP) is 5.60. The number of anilines is 1. The predicted molar refractivity (Wildman–Crippen MR) is 133 cm³/mol. The van der Waals surface area contributed by atoms with Crippen molar-refractivity contribution in [3.05, 3.63) is 74.9 Å². The van der Waals surface area contributed by atoms with Crippen molar-refractivity contribution in [2.24, 2.45) is 0 Å². The molecule has 0 aliphatic carbocycles. The van der Waals surface area contributed by atoms with Crippen LogP contribution in [0.25, 0.3) is 0 Å². The van der Waals surface area contributed by atoms with E-state index in [0.717, 1.165) is 22.8 Å². The summed E-state index contributed by atoms with van der Waals surface area (Å²) in [5.41, 5.74) is 5.57. The number of hydrogen-bond acceptors (Lipinski definition) is 3. The third kappa shape index (κ3) is 3.92. The maximum atomic E-state index is 5.82. The number of ether oxygens (including phenoxy) is 1. The zero-order valence-electron chi connectivity index (χ0n) is 17.4. The van der Waals surface area contributed by atoms with E-state index in [1.165, 1.54) is 14.8 Å². The molecule has 1 fully saturated rings. The number of nitrogens with one attached hydrogen (secondary N) is 2. The fourth-order valence-corrected chi connectivity index (χ4v) is 5.21. The van der Waals surface area contributed by atoms with Crippen molar-refractivity contribution in [3.8, 4) is 5.75 Å². The van der Waals surface area contributed by atoms with Crippen molar-refractivity contribution < 1.29 is 4.74 Å². The summed E-state index contributed by atoms with van der Waals surface area (Å²) in [6, 6.07) is 14.1. The first-order valence-electron chi connectivity index (χ1n) is 9.98. The number of nitrogens with zero attached hydrogens (tertiary/aromatic N) is 2. The first kappa shape index (κ1) is 21.1. The number of H-pyrrole nitrogens is 1. The van der Waals surface area contributed by atoms with E-state index in [0.29, 0.717) is 5.11 Å². The molecule has 3 aromatic rings. The second-order valence-electron chi connectivity index (χ2n) is 7.76. The van der Waals surface area contributed by atoms with Crippen LogP contribution in [0.1, 0.15) is 48.6 Å². The van der Waals surface area contributed by atoms with Gasteiger partial charge >= 0.3 is 0 Å². The van der Waals surface area contributed by atoms with Crippen molar-refractivity contribution in [2.75, 3.05) is 4.90 Å². The van der Waals surface area contributed by atoms with Gasteiger partial charge in [-0.3, -0.25) is 4.98 Å². The number of aryl methyl sites for hydroxylation is 2. The fraction of sp³-hybridized carbons (Fsp3) is 0.304. The van der Waals surface area contributed by atoms with Crippen molar-refractivity contribution >= 4 is 45.6 Å². The van der Waals surface area contributed by atoms with Gasteiger partial charge in [-0.1, -0.05) is 6.07 Å². The molecule has 156 valence electrons. The van der Waals surface area contributed by atoms with Crippen LogP contribution < -0.4 is 15.0 Å². The minimum Gasteiger partial charge on any atom is -0.491 e. The highest BCUT2D eigenvalue weighted by Crippen LogP contribution is 2.44. The maximum absolute atomic E-state index is 5.82. The molecule has 0 radical (unpaired) electrons. The molecule has 2 aromatic heterocycles. The highest BCUT2D eigenvalue weighted by molar-refractivity contribution is 14.1. The van der Waals surface area contributed by atoms with E-state index in [1.807, 2.05) is 44.3 Å². The number of rotatable bonds is 5. The summed E-state index contributed by atoms with van der Waals surface area (Å²) in [5, 5.41) is 4.22. The van der Waals surface area contributed by atoms with Gasteiger partial charge in [0.15, 0.2) is 5.11 Å². The molecular weight excluding hydrogens is 507 g/mol. The summed E-state index contributed by atoms with van der Waals surface area (Å²) in [5.74, 6) is 0.855. The van der Waals surface area contributed by atoms with Gasteiger partial charge in [-0.15, -0.1) is 0 Å². The molecule has 1 aromatic carbocycles. The first-order valence-corrected chi connectivity index (χ1v) is 11.5. The Morgan fingerprint density at radius 2 is 1.83 bits per heavy atom. The van der Waals surface area contributed by atoms with Crippen LogP contribution in [0.3, 0.4) is 0 Å². The molecule has 0 spiro atoms. The summed E-state index contributed by atoms with van der Waals surface area (Å²) in [6.45, 7) is 8.29. The molecular formula is C23H25IN4OS. The fourth-order valence-electron chi connectivity index (χ4n) is 4.01. The van der Waals surface area contributed by atoms with Crippen molar-refractivity contribution in [3.63, 3.8) is 0 Å². The zero-order chi connectivity index (χ0) is 21.4. The molecule has 3 heterocycles. The number of pyridine rings is 1. The molecule has 1 aliphatic rings. The number of benzene rings is 1. The van der Waals surface area contributed by atoms with Crippen LogP contribution in [0, 0.1) is 17.4 Å². The lowest BCUT2D eigenvalue weighted by Crippen LogP contribution is -2.29. The van der Waals surface area contributed by atoms with Gasteiger partial charge in [-0.25, -0.2) is 0 Å². The Balaban J connectivity index is 1.80. The lowest BCUT2D eigenvalue weighted by molar-refractivity contribution is 0.242. The molecule has 1 saturated heterocycles. The first-order chi connectivity index (χ1) is 14.4. The SMILES string of the molecule is Cc1[nH]c(C)c([C@@H]2[C@H](c3ccccn3)NC(=S)N2c2ccc(OC(C)C)cc2)c1I. The standard InChI is InChI=1S/C23H25IN4OS/c1-13(2)29-17-10-8-16(9-11-17)28-22(19-14(3)26-15(4)20(19)24)21(27-23(28)30)18-7-5-6-12-25-18/h5-13,21-22,26H,1-4H3,(H,27,30)/t21-,22+/m0/s1. The summed E-state index contributed by atoms with van der Waals surface area (Å²) >= 11 is 8.25. The highest BCUT2D eigenvalue weighted by Gasteiger charge is 2.42. The van der Waals surface area contributed by atoms with Crippen LogP contribution in [0.2, 0.25) is 0 Å². The molecule has 2 atom stereocenters. The van der Waals surface area contributed by atoms with E-state index < -0.39 is 0 Å². The summed E-state index contributed by atoms with van der Waals surface area (Å²) in [6.07, 6.45) is 1.97. The van der Waals surface area contributed by atoms with Gasteiger partial charge in [0.2, 0.25) is 0 Å². The van der Waals surface area contributed by atoms with Crippen molar-refractivity contribution in [2.45, 2.75) is 45.9 Å². The van der Waals surface area contributed by atoms with E-state index in [-0.39, 0.29) is 18.2 Å². The van der Waals surface area contributed by atoms with E-state index in [9.17, 15) is 0 Å². The number of hydrogen-bond donors (Lipinski definition) is 2. The Morgan fingerprint density at radius 3 is 2.40 bits per heavy atom. The normalized spacial score (nSPS) is 18.7. The van der Waals surface area contributed by atoms with E-state index in [1.54, 1.807) is 0 Å². The van der Waals surface area contributed by atoms with Crippen LogP contribution in [-0.4, -0.2) is 21.2 Å². The van der Waals surface area contributed by atoms with Gasteiger partial charge < -0.3 is 19.9 Å². The Bertz CT molecular complexity index is 1050. The monoisotopic (exact) mass is 532 g/mol. The Morgan fingerprint density at radius 1 is 1.10 bits per heavy atom. The molecule has 30 heavy (non-hydrogen) atoms. The van der Waals surface area contributed by atoms with Crippen molar-refractivity contribution in [1.82, 2.24) is 15.3 Å². The van der Waals surface area contributed by atoms with Gasteiger partial charge in [-0.2, -0.15) is 0 Å². The van der Waals surface area contributed by atoms with Gasteiger partial charge in [-0.05, 0) is 98.9 Å². The summed E-state index contributed by atoms with van der Waals surface area (Å²) < 4.78 is 7.05. The molecule has 0 unspecified atom stereocenters. The second-order valence-corrected chi connectivity index (χ2v) is 9.23. The highest BCUT2D eigenvalue weighted by atomic mass is 127. The lowest BCUT2D eigenvalue weighted by Gasteiger charge is -2.28. The quantitative estimate of drug-likeness (QED) is 0.331. The zero-order valence-corrected chi connectivity index (χ0v) is 20.4. The van der Waals surface area contributed by atoms with Crippen molar-refractivity contribution in [1.29, 1.82) is 0 Å².